The SMILES string of the molecule is c1ccc(-c2nc3cc4c(cc3o2)oc2c(-c3ccc(N(c5ccc(-c6cccc7ccccc67)cc5)c5ccccc5-c5ccccc5)cc3)cccc24)cc1. The van der Waals surface area contributed by atoms with E-state index in [1.165, 1.54) is 21.9 Å². The van der Waals surface area contributed by atoms with Crippen LogP contribution in [0.3, 0.4) is 0 Å². The Hall–Kier alpha value is -7.69. The fourth-order valence-corrected chi connectivity index (χ4v) is 8.17. The molecule has 0 atom stereocenters. The summed E-state index contributed by atoms with van der Waals surface area (Å²) in [5, 5.41) is 4.54. The van der Waals surface area contributed by atoms with Crippen molar-refractivity contribution >= 4 is 60.9 Å². The standard InChI is InChI=1S/C53H34N2O2/c1-3-13-36(14-4-1)44-20-9-10-24-49(44)55(40-29-25-37(26-30-40)43-21-11-18-35-15-7-8-19-42(35)43)41-31-27-38(28-32-41)45-22-12-23-46-47-33-48-51(34-50(47)56-52(45)46)57-53(54-48)39-16-5-2-6-17-39/h1-34H. The summed E-state index contributed by atoms with van der Waals surface area (Å²) in [7, 11) is 0. The summed E-state index contributed by atoms with van der Waals surface area (Å²) in [5.41, 5.74) is 14.1. The number of anilines is 3. The number of para-hydroxylation sites is 2. The molecule has 0 bridgehead atoms. The molecule has 11 rings (SSSR count). The zero-order valence-corrected chi connectivity index (χ0v) is 30.8. The van der Waals surface area contributed by atoms with Gasteiger partial charge in [0.2, 0.25) is 5.89 Å². The quantitative estimate of drug-likeness (QED) is 0.164. The van der Waals surface area contributed by atoms with Crippen LogP contribution in [-0.2, 0) is 0 Å². The van der Waals surface area contributed by atoms with E-state index in [4.69, 9.17) is 13.8 Å². The highest BCUT2D eigenvalue weighted by Gasteiger charge is 2.20. The van der Waals surface area contributed by atoms with Crippen molar-refractivity contribution in [1.82, 2.24) is 4.98 Å². The smallest absolute Gasteiger partial charge is 0.227 e. The van der Waals surface area contributed by atoms with Crippen LogP contribution in [0.1, 0.15) is 0 Å². The third-order valence-electron chi connectivity index (χ3n) is 10.9. The molecule has 0 fully saturated rings. The van der Waals surface area contributed by atoms with Gasteiger partial charge in [-0.15, -0.1) is 0 Å². The van der Waals surface area contributed by atoms with Crippen LogP contribution in [0, 0.1) is 0 Å². The Kier molecular flexibility index (Phi) is 7.78. The molecule has 2 heterocycles. The van der Waals surface area contributed by atoms with Gasteiger partial charge in [0.05, 0.1) is 5.69 Å². The third kappa shape index (κ3) is 5.74. The van der Waals surface area contributed by atoms with E-state index in [1.54, 1.807) is 0 Å². The summed E-state index contributed by atoms with van der Waals surface area (Å²) in [6, 6.07) is 72.4. The summed E-state index contributed by atoms with van der Waals surface area (Å²) in [4.78, 5) is 7.17. The van der Waals surface area contributed by atoms with E-state index in [0.29, 0.717) is 11.5 Å². The maximum absolute atomic E-state index is 6.62. The second-order valence-electron chi connectivity index (χ2n) is 14.3. The molecule has 0 saturated carbocycles. The molecule has 57 heavy (non-hydrogen) atoms. The van der Waals surface area contributed by atoms with E-state index in [9.17, 15) is 0 Å². The Morgan fingerprint density at radius 3 is 1.70 bits per heavy atom. The van der Waals surface area contributed by atoms with Gasteiger partial charge < -0.3 is 13.7 Å². The topological polar surface area (TPSA) is 42.4 Å². The molecule has 9 aromatic carbocycles. The van der Waals surface area contributed by atoms with Crippen LogP contribution in [0.2, 0.25) is 0 Å². The van der Waals surface area contributed by atoms with Crippen molar-refractivity contribution < 1.29 is 8.83 Å². The Balaban J connectivity index is 1.000. The molecule has 0 unspecified atom stereocenters. The average Bonchev–Trinajstić information content (AvgIpc) is 3.87. The maximum Gasteiger partial charge on any atom is 0.227 e. The molecule has 0 amide bonds. The normalized spacial score (nSPS) is 11.5. The highest BCUT2D eigenvalue weighted by Crippen LogP contribution is 2.43. The molecular weight excluding hydrogens is 697 g/mol. The Bertz CT molecular complexity index is 3210. The van der Waals surface area contributed by atoms with Gasteiger partial charge in [0.1, 0.15) is 16.7 Å². The van der Waals surface area contributed by atoms with Crippen LogP contribution in [0.4, 0.5) is 17.1 Å². The van der Waals surface area contributed by atoms with Gasteiger partial charge in [-0.25, -0.2) is 4.98 Å². The van der Waals surface area contributed by atoms with Gasteiger partial charge in [-0.05, 0) is 81.6 Å². The molecule has 0 aliphatic rings. The van der Waals surface area contributed by atoms with Gasteiger partial charge in [-0.1, -0.05) is 152 Å². The highest BCUT2D eigenvalue weighted by molar-refractivity contribution is 6.12. The summed E-state index contributed by atoms with van der Waals surface area (Å²) >= 11 is 0. The zero-order chi connectivity index (χ0) is 37.7. The van der Waals surface area contributed by atoms with Crippen molar-refractivity contribution in [3.05, 3.63) is 206 Å². The molecule has 0 aliphatic carbocycles. The minimum atomic E-state index is 0.601. The first-order chi connectivity index (χ1) is 28.2. The first kappa shape index (κ1) is 32.7. The van der Waals surface area contributed by atoms with Gasteiger partial charge in [-0.2, -0.15) is 0 Å². The molecule has 0 saturated heterocycles. The molecule has 2 aromatic heterocycles. The maximum atomic E-state index is 6.62. The monoisotopic (exact) mass is 730 g/mol. The second kappa shape index (κ2) is 13.6. The second-order valence-corrected chi connectivity index (χ2v) is 14.3. The van der Waals surface area contributed by atoms with Gasteiger partial charge in [0.15, 0.2) is 5.58 Å². The number of aromatic nitrogens is 1. The molecule has 0 spiro atoms. The minimum Gasteiger partial charge on any atom is -0.455 e. The van der Waals surface area contributed by atoms with E-state index in [1.807, 2.05) is 36.4 Å². The van der Waals surface area contributed by atoms with Crippen molar-refractivity contribution in [2.75, 3.05) is 4.90 Å². The lowest BCUT2D eigenvalue weighted by molar-refractivity contribution is 0.617. The predicted octanol–water partition coefficient (Wildman–Crippen LogP) is 15.0. The van der Waals surface area contributed by atoms with Crippen molar-refractivity contribution in [2.24, 2.45) is 0 Å². The van der Waals surface area contributed by atoms with Crippen LogP contribution < -0.4 is 4.90 Å². The first-order valence-electron chi connectivity index (χ1n) is 19.2. The zero-order valence-electron chi connectivity index (χ0n) is 30.8. The van der Waals surface area contributed by atoms with Crippen molar-refractivity contribution in [3.63, 3.8) is 0 Å². The Labute approximate surface area is 329 Å². The number of oxazole rings is 1. The van der Waals surface area contributed by atoms with Crippen LogP contribution in [-0.4, -0.2) is 4.98 Å². The number of furan rings is 1. The molecule has 0 aliphatic heterocycles. The van der Waals surface area contributed by atoms with Crippen molar-refractivity contribution in [1.29, 1.82) is 0 Å². The molecule has 268 valence electrons. The lowest BCUT2D eigenvalue weighted by atomic mass is 9.97. The van der Waals surface area contributed by atoms with E-state index < -0.39 is 0 Å². The van der Waals surface area contributed by atoms with Crippen molar-refractivity contribution in [2.45, 2.75) is 0 Å². The van der Waals surface area contributed by atoms with E-state index in [2.05, 4.69) is 175 Å². The first-order valence-corrected chi connectivity index (χ1v) is 19.2. The van der Waals surface area contributed by atoms with E-state index in [-0.39, 0.29) is 0 Å². The molecule has 4 heteroatoms. The summed E-state index contributed by atoms with van der Waals surface area (Å²) < 4.78 is 12.8. The number of rotatable bonds is 7. The largest absolute Gasteiger partial charge is 0.455 e. The molecule has 11 aromatic rings. The van der Waals surface area contributed by atoms with E-state index >= 15 is 0 Å². The fraction of sp³-hybridized carbons (Fsp3) is 0. The van der Waals surface area contributed by atoms with Gasteiger partial charge in [0.25, 0.3) is 0 Å². The van der Waals surface area contributed by atoms with Gasteiger partial charge in [0, 0.05) is 44.9 Å². The summed E-state index contributed by atoms with van der Waals surface area (Å²) in [6.07, 6.45) is 0. The van der Waals surface area contributed by atoms with Crippen LogP contribution in [0.5, 0.6) is 0 Å². The summed E-state index contributed by atoms with van der Waals surface area (Å²) in [5.74, 6) is 0.601. The number of benzene rings is 9. The number of fused-ring (bicyclic) bond motifs is 5. The molecular formula is C53H34N2O2. The third-order valence-corrected chi connectivity index (χ3v) is 10.9. The van der Waals surface area contributed by atoms with Gasteiger partial charge >= 0.3 is 0 Å². The lowest BCUT2D eigenvalue weighted by Crippen LogP contribution is -2.11. The fourth-order valence-electron chi connectivity index (χ4n) is 8.17. The average molecular weight is 731 g/mol. The van der Waals surface area contributed by atoms with E-state index in [0.717, 1.165) is 72.3 Å². The summed E-state index contributed by atoms with van der Waals surface area (Å²) in [6.45, 7) is 0. The van der Waals surface area contributed by atoms with Crippen molar-refractivity contribution in [3.8, 4) is 44.8 Å². The van der Waals surface area contributed by atoms with Gasteiger partial charge in [-0.3, -0.25) is 0 Å². The molecule has 0 radical (unpaired) electrons. The molecule has 4 nitrogen and oxygen atoms in total. The highest BCUT2D eigenvalue weighted by atomic mass is 16.4. The van der Waals surface area contributed by atoms with Crippen LogP contribution in [0.25, 0.3) is 88.6 Å². The minimum absolute atomic E-state index is 0.601. The van der Waals surface area contributed by atoms with Crippen LogP contribution in [0.15, 0.2) is 215 Å². The number of nitrogens with zero attached hydrogens (tertiary/aromatic N) is 2. The lowest BCUT2D eigenvalue weighted by Gasteiger charge is -2.28. The number of hydrogen-bond donors (Lipinski definition) is 0. The molecule has 0 N–H and O–H groups in total. The predicted molar refractivity (Wildman–Crippen MR) is 235 cm³/mol. The Morgan fingerprint density at radius 2 is 0.930 bits per heavy atom. The number of hydrogen-bond acceptors (Lipinski definition) is 4. The van der Waals surface area contributed by atoms with Crippen LogP contribution >= 0.6 is 0 Å². The Morgan fingerprint density at radius 1 is 0.368 bits per heavy atom.